The number of nitrogens with zero attached hydrogens (tertiary/aromatic N) is 3. The van der Waals surface area contributed by atoms with Crippen molar-refractivity contribution in [2.75, 3.05) is 6.54 Å². The molecule has 6 heteroatoms. The first-order valence-electron chi connectivity index (χ1n) is 11.4. The fourth-order valence-corrected chi connectivity index (χ4v) is 4.68. The number of benzene rings is 1. The van der Waals surface area contributed by atoms with Gasteiger partial charge in [-0.2, -0.15) is 0 Å². The lowest BCUT2D eigenvalue weighted by molar-refractivity contribution is 0.218. The number of hydrogen-bond acceptors (Lipinski definition) is 5. The molecule has 3 atom stereocenters. The lowest BCUT2D eigenvalue weighted by Crippen LogP contribution is -2.34. The van der Waals surface area contributed by atoms with Crippen molar-refractivity contribution < 1.29 is 8.81 Å². The van der Waals surface area contributed by atoms with Gasteiger partial charge in [0.05, 0.1) is 5.56 Å². The van der Waals surface area contributed by atoms with E-state index in [0.29, 0.717) is 41.5 Å². The Hall–Kier alpha value is -2.86. The largest absolute Gasteiger partial charge is 0.421 e. The van der Waals surface area contributed by atoms with Gasteiger partial charge >= 0.3 is 0 Å². The molecule has 0 unspecified atom stereocenters. The highest BCUT2D eigenvalue weighted by Crippen LogP contribution is 2.39. The first-order valence-corrected chi connectivity index (χ1v) is 11.4. The van der Waals surface area contributed by atoms with E-state index in [2.05, 4.69) is 47.3 Å². The minimum Gasteiger partial charge on any atom is -0.421 e. The number of halogens is 1. The zero-order chi connectivity index (χ0) is 22.5. The molecule has 32 heavy (non-hydrogen) atoms. The molecule has 168 valence electrons. The van der Waals surface area contributed by atoms with Crippen LogP contribution >= 0.6 is 0 Å². The van der Waals surface area contributed by atoms with Crippen molar-refractivity contribution in [1.29, 1.82) is 0 Å². The van der Waals surface area contributed by atoms with Gasteiger partial charge in [0.15, 0.2) is 0 Å². The molecule has 0 saturated carbocycles. The van der Waals surface area contributed by atoms with Crippen LogP contribution in [0.15, 0.2) is 64.9 Å². The highest BCUT2D eigenvalue weighted by Gasteiger charge is 2.32. The normalized spacial score (nSPS) is 21.0. The Kier molecular flexibility index (Phi) is 7.10. The van der Waals surface area contributed by atoms with Crippen LogP contribution in [-0.4, -0.2) is 21.7 Å². The van der Waals surface area contributed by atoms with Crippen LogP contribution in [0.1, 0.15) is 38.6 Å². The fraction of sp³-hybridized carbons (Fsp3) is 0.423. The van der Waals surface area contributed by atoms with E-state index in [1.165, 1.54) is 17.2 Å². The molecule has 1 aliphatic rings. The van der Waals surface area contributed by atoms with Gasteiger partial charge in [-0.3, -0.25) is 4.98 Å². The number of nitrogens with one attached hydrogen (secondary N) is 1. The Morgan fingerprint density at radius 1 is 1.12 bits per heavy atom. The van der Waals surface area contributed by atoms with Gasteiger partial charge in [-0.15, -0.1) is 10.2 Å². The van der Waals surface area contributed by atoms with Gasteiger partial charge in [0.2, 0.25) is 5.89 Å². The van der Waals surface area contributed by atoms with E-state index in [-0.39, 0.29) is 11.7 Å². The second-order valence-electron chi connectivity index (χ2n) is 9.09. The molecule has 0 spiro atoms. The van der Waals surface area contributed by atoms with E-state index in [4.69, 9.17) is 4.42 Å². The van der Waals surface area contributed by atoms with Crippen LogP contribution < -0.4 is 5.32 Å². The topological polar surface area (TPSA) is 63.8 Å². The Labute approximate surface area is 189 Å². The number of hydrogen-bond donors (Lipinski definition) is 1. The third-order valence-electron chi connectivity index (χ3n) is 6.53. The van der Waals surface area contributed by atoms with Gasteiger partial charge in [0, 0.05) is 31.9 Å². The Morgan fingerprint density at radius 2 is 1.91 bits per heavy atom. The first kappa shape index (κ1) is 22.3. The molecule has 0 radical (unpaired) electrons. The van der Waals surface area contributed by atoms with Crippen LogP contribution in [-0.2, 0) is 13.0 Å². The molecule has 4 rings (SSSR count). The summed E-state index contributed by atoms with van der Waals surface area (Å²) in [5, 5.41) is 11.9. The summed E-state index contributed by atoms with van der Waals surface area (Å²) in [4.78, 5) is 4.08. The van der Waals surface area contributed by atoms with E-state index in [0.717, 1.165) is 19.5 Å². The van der Waals surface area contributed by atoms with Gasteiger partial charge in [-0.1, -0.05) is 37.6 Å². The van der Waals surface area contributed by atoms with Crippen molar-refractivity contribution in [3.05, 3.63) is 77.7 Å². The van der Waals surface area contributed by atoms with Crippen LogP contribution in [0.2, 0.25) is 0 Å². The van der Waals surface area contributed by atoms with Crippen molar-refractivity contribution in [2.45, 2.75) is 40.2 Å². The van der Waals surface area contributed by atoms with E-state index >= 15 is 0 Å². The molecule has 0 bridgehead atoms. The van der Waals surface area contributed by atoms with Gasteiger partial charge in [0.25, 0.3) is 5.89 Å². The van der Waals surface area contributed by atoms with Crippen LogP contribution in [0, 0.1) is 29.5 Å². The SMILES string of the molecule is CC1=C[C@@H](CNCc2ccncc2)[C@H](C(C)C)C[C@H]1Cc1nnc(-c2ccccc2F)o1. The minimum absolute atomic E-state index is 0.245. The van der Waals surface area contributed by atoms with Gasteiger partial charge in [-0.05, 0) is 66.8 Å². The molecule has 3 aromatic rings. The van der Waals surface area contributed by atoms with Crippen molar-refractivity contribution in [3.8, 4) is 11.5 Å². The lowest BCUT2D eigenvalue weighted by Gasteiger charge is -2.37. The molecule has 0 aliphatic heterocycles. The second-order valence-corrected chi connectivity index (χ2v) is 9.09. The lowest BCUT2D eigenvalue weighted by atomic mass is 9.70. The summed E-state index contributed by atoms with van der Waals surface area (Å²) in [5.74, 6) is 2.46. The van der Waals surface area contributed by atoms with Crippen LogP contribution in [0.3, 0.4) is 0 Å². The number of aromatic nitrogens is 3. The number of allylic oxidation sites excluding steroid dienone is 1. The standard InChI is InChI=1S/C26H31FN4O/c1-17(2)23-13-20(14-25-30-31-26(32-25)22-6-4-5-7-24(22)27)18(3)12-21(23)16-29-15-19-8-10-28-11-9-19/h4-12,17,20-21,23,29H,13-16H2,1-3H3/t20-,21-,23-/m0/s1. The van der Waals surface area contributed by atoms with Gasteiger partial charge in [-0.25, -0.2) is 4.39 Å². The summed E-state index contributed by atoms with van der Waals surface area (Å²) in [6.07, 6.45) is 7.85. The Balaban J connectivity index is 1.42. The van der Waals surface area contributed by atoms with E-state index in [1.54, 1.807) is 18.2 Å². The number of pyridine rings is 1. The van der Waals surface area contributed by atoms with E-state index < -0.39 is 0 Å². The predicted molar refractivity (Wildman–Crippen MR) is 123 cm³/mol. The zero-order valence-electron chi connectivity index (χ0n) is 19.0. The molecular formula is C26H31FN4O. The zero-order valence-corrected chi connectivity index (χ0v) is 19.0. The molecule has 0 fully saturated rings. The second kappa shape index (κ2) is 10.2. The molecule has 0 saturated heterocycles. The van der Waals surface area contributed by atoms with Crippen molar-refractivity contribution in [1.82, 2.24) is 20.5 Å². The monoisotopic (exact) mass is 434 g/mol. The maximum atomic E-state index is 14.1. The molecule has 2 heterocycles. The average Bonchev–Trinajstić information content (AvgIpc) is 3.24. The maximum Gasteiger partial charge on any atom is 0.250 e. The highest BCUT2D eigenvalue weighted by atomic mass is 19.1. The number of rotatable bonds is 8. The Bertz CT molecular complexity index is 1050. The quantitative estimate of drug-likeness (QED) is 0.477. The summed E-state index contributed by atoms with van der Waals surface area (Å²) < 4.78 is 19.9. The van der Waals surface area contributed by atoms with Gasteiger partial charge in [0.1, 0.15) is 5.82 Å². The minimum atomic E-state index is -0.349. The molecule has 5 nitrogen and oxygen atoms in total. The summed E-state index contributed by atoms with van der Waals surface area (Å²) in [6.45, 7) is 8.60. The van der Waals surface area contributed by atoms with Crippen molar-refractivity contribution in [3.63, 3.8) is 0 Å². The predicted octanol–water partition coefficient (Wildman–Crippen LogP) is 5.46. The van der Waals surface area contributed by atoms with Crippen molar-refractivity contribution in [2.24, 2.45) is 23.7 Å². The third kappa shape index (κ3) is 5.30. The van der Waals surface area contributed by atoms with Crippen LogP contribution in [0.25, 0.3) is 11.5 Å². The van der Waals surface area contributed by atoms with Crippen molar-refractivity contribution >= 4 is 0 Å². The van der Waals surface area contributed by atoms with Crippen LogP contribution in [0.5, 0.6) is 0 Å². The highest BCUT2D eigenvalue weighted by molar-refractivity contribution is 5.53. The molecule has 1 aliphatic carbocycles. The molecule has 1 aromatic carbocycles. The maximum absolute atomic E-state index is 14.1. The third-order valence-corrected chi connectivity index (χ3v) is 6.53. The van der Waals surface area contributed by atoms with E-state index in [1.807, 2.05) is 24.5 Å². The average molecular weight is 435 g/mol. The molecule has 1 N–H and O–H groups in total. The Morgan fingerprint density at radius 3 is 2.66 bits per heavy atom. The van der Waals surface area contributed by atoms with Crippen LogP contribution in [0.4, 0.5) is 4.39 Å². The summed E-state index contributed by atoms with van der Waals surface area (Å²) >= 11 is 0. The summed E-state index contributed by atoms with van der Waals surface area (Å²) in [5.41, 5.74) is 2.96. The molecule has 2 aromatic heterocycles. The first-order chi connectivity index (χ1) is 15.5. The van der Waals surface area contributed by atoms with Gasteiger partial charge < -0.3 is 9.73 Å². The molecular weight excluding hydrogens is 403 g/mol. The fourth-order valence-electron chi connectivity index (χ4n) is 4.68. The summed E-state index contributed by atoms with van der Waals surface area (Å²) in [6, 6.07) is 10.6. The summed E-state index contributed by atoms with van der Waals surface area (Å²) in [7, 11) is 0. The van der Waals surface area contributed by atoms with E-state index in [9.17, 15) is 4.39 Å². The smallest absolute Gasteiger partial charge is 0.250 e. The molecule has 0 amide bonds.